The first-order valence-corrected chi connectivity index (χ1v) is 6.56. The normalized spacial score (nSPS) is 19.5. The fraction of sp³-hybridized carbons (Fsp3) is 0.500. The van der Waals surface area contributed by atoms with E-state index in [2.05, 4.69) is 4.84 Å². The van der Waals surface area contributed by atoms with Crippen molar-refractivity contribution in [1.82, 2.24) is 4.90 Å². The molecule has 19 heavy (non-hydrogen) atoms. The van der Waals surface area contributed by atoms with Crippen molar-refractivity contribution < 1.29 is 14.0 Å². The molecular formula is C14H19FN2O2. The maximum absolute atomic E-state index is 12.8. The first-order chi connectivity index (χ1) is 9.20. The highest BCUT2D eigenvalue weighted by Gasteiger charge is 2.26. The van der Waals surface area contributed by atoms with Gasteiger partial charge < -0.3 is 9.74 Å². The number of nitrogens with zero attached hydrogens (tertiary/aromatic N) is 1. The summed E-state index contributed by atoms with van der Waals surface area (Å²) in [4.78, 5) is 18.8. The number of halogens is 1. The SMILES string of the molecule is NOCC1CCCCN1C(=O)Cc1ccc(F)cc1. The Balaban J connectivity index is 1.99. The molecule has 1 fully saturated rings. The molecule has 0 radical (unpaired) electrons. The van der Waals surface area contributed by atoms with Crippen LogP contribution in [0, 0.1) is 5.82 Å². The van der Waals surface area contributed by atoms with Crippen molar-refractivity contribution in [2.24, 2.45) is 5.90 Å². The fourth-order valence-electron chi connectivity index (χ4n) is 2.49. The van der Waals surface area contributed by atoms with Gasteiger partial charge in [-0.25, -0.2) is 10.3 Å². The molecule has 0 bridgehead atoms. The van der Waals surface area contributed by atoms with E-state index in [1.807, 2.05) is 4.90 Å². The summed E-state index contributed by atoms with van der Waals surface area (Å²) >= 11 is 0. The Hall–Kier alpha value is -1.46. The molecule has 1 aliphatic rings. The van der Waals surface area contributed by atoms with Crippen LogP contribution in [0.25, 0.3) is 0 Å². The van der Waals surface area contributed by atoms with Gasteiger partial charge in [0.1, 0.15) is 5.82 Å². The molecular weight excluding hydrogens is 247 g/mol. The highest BCUT2D eigenvalue weighted by atomic mass is 19.1. The Morgan fingerprint density at radius 1 is 1.37 bits per heavy atom. The van der Waals surface area contributed by atoms with Gasteiger partial charge in [-0.2, -0.15) is 0 Å². The lowest BCUT2D eigenvalue weighted by atomic mass is 10.0. The minimum absolute atomic E-state index is 0.0494. The monoisotopic (exact) mass is 266 g/mol. The standard InChI is InChI=1S/C14H19FN2O2/c15-12-6-4-11(5-7-12)9-14(18)17-8-2-1-3-13(17)10-19-16/h4-7,13H,1-3,8-10,16H2. The van der Waals surface area contributed by atoms with E-state index < -0.39 is 0 Å². The largest absolute Gasteiger partial charge is 0.337 e. The van der Waals surface area contributed by atoms with E-state index in [1.165, 1.54) is 12.1 Å². The summed E-state index contributed by atoms with van der Waals surface area (Å²) in [6.45, 7) is 1.11. The van der Waals surface area contributed by atoms with Gasteiger partial charge in [0.2, 0.25) is 5.91 Å². The zero-order valence-electron chi connectivity index (χ0n) is 10.8. The molecule has 104 valence electrons. The van der Waals surface area contributed by atoms with Crippen molar-refractivity contribution in [3.8, 4) is 0 Å². The Morgan fingerprint density at radius 3 is 2.79 bits per heavy atom. The molecule has 2 N–H and O–H groups in total. The fourth-order valence-corrected chi connectivity index (χ4v) is 2.49. The number of likely N-dealkylation sites (tertiary alicyclic amines) is 1. The van der Waals surface area contributed by atoms with Crippen molar-refractivity contribution in [2.75, 3.05) is 13.2 Å². The molecule has 0 aliphatic carbocycles. The van der Waals surface area contributed by atoms with E-state index in [0.29, 0.717) is 13.0 Å². The summed E-state index contributed by atoms with van der Waals surface area (Å²) in [5.41, 5.74) is 0.824. The van der Waals surface area contributed by atoms with E-state index in [1.54, 1.807) is 12.1 Å². The van der Waals surface area contributed by atoms with Crippen LogP contribution in [0.1, 0.15) is 24.8 Å². The van der Waals surface area contributed by atoms with E-state index in [0.717, 1.165) is 31.4 Å². The number of carbonyl (C=O) groups excluding carboxylic acids is 1. The maximum atomic E-state index is 12.8. The second-order valence-electron chi connectivity index (χ2n) is 4.87. The van der Waals surface area contributed by atoms with Gasteiger partial charge in [-0.15, -0.1) is 0 Å². The van der Waals surface area contributed by atoms with Crippen LogP contribution in [0.3, 0.4) is 0 Å². The van der Waals surface area contributed by atoms with Crippen LogP contribution in [0.15, 0.2) is 24.3 Å². The predicted molar refractivity (Wildman–Crippen MR) is 69.6 cm³/mol. The second kappa shape index (κ2) is 6.63. The van der Waals surface area contributed by atoms with E-state index in [9.17, 15) is 9.18 Å². The lowest BCUT2D eigenvalue weighted by Crippen LogP contribution is -2.47. The van der Waals surface area contributed by atoms with Crippen molar-refractivity contribution in [2.45, 2.75) is 31.7 Å². The topological polar surface area (TPSA) is 55.6 Å². The number of benzene rings is 1. The van der Waals surface area contributed by atoms with Crippen LogP contribution in [-0.2, 0) is 16.1 Å². The van der Waals surface area contributed by atoms with Crippen LogP contribution in [-0.4, -0.2) is 30.0 Å². The Labute approximate surface area is 112 Å². The minimum Gasteiger partial charge on any atom is -0.337 e. The number of carbonyl (C=O) groups is 1. The van der Waals surface area contributed by atoms with Gasteiger partial charge in [0.15, 0.2) is 0 Å². The van der Waals surface area contributed by atoms with Crippen LogP contribution >= 0.6 is 0 Å². The molecule has 1 atom stereocenters. The molecule has 1 aromatic carbocycles. The van der Waals surface area contributed by atoms with Gasteiger partial charge in [0.05, 0.1) is 19.1 Å². The Morgan fingerprint density at radius 2 is 2.11 bits per heavy atom. The van der Waals surface area contributed by atoms with Gasteiger partial charge in [-0.1, -0.05) is 12.1 Å². The highest BCUT2D eigenvalue weighted by molar-refractivity contribution is 5.79. The minimum atomic E-state index is -0.288. The number of hydrogen-bond acceptors (Lipinski definition) is 3. The van der Waals surface area contributed by atoms with Gasteiger partial charge in [-0.3, -0.25) is 4.79 Å². The molecule has 1 aromatic rings. The summed E-state index contributed by atoms with van der Waals surface area (Å²) in [7, 11) is 0. The van der Waals surface area contributed by atoms with Crippen LogP contribution in [0.4, 0.5) is 4.39 Å². The molecule has 0 aromatic heterocycles. The van der Waals surface area contributed by atoms with E-state index in [4.69, 9.17) is 5.90 Å². The van der Waals surface area contributed by atoms with E-state index >= 15 is 0 Å². The molecule has 0 spiro atoms. The highest BCUT2D eigenvalue weighted by Crippen LogP contribution is 2.18. The molecule has 1 saturated heterocycles. The first-order valence-electron chi connectivity index (χ1n) is 6.56. The van der Waals surface area contributed by atoms with Gasteiger partial charge in [0.25, 0.3) is 0 Å². The summed E-state index contributed by atoms with van der Waals surface area (Å²) < 4.78 is 12.8. The third-order valence-electron chi connectivity index (χ3n) is 3.50. The number of piperidine rings is 1. The zero-order valence-corrected chi connectivity index (χ0v) is 10.8. The molecule has 1 unspecified atom stereocenters. The van der Waals surface area contributed by atoms with E-state index in [-0.39, 0.29) is 17.8 Å². The average molecular weight is 266 g/mol. The Kier molecular flexibility index (Phi) is 4.87. The average Bonchev–Trinajstić information content (AvgIpc) is 2.42. The van der Waals surface area contributed by atoms with Crippen molar-refractivity contribution in [3.63, 3.8) is 0 Å². The van der Waals surface area contributed by atoms with Crippen molar-refractivity contribution >= 4 is 5.91 Å². The Bertz CT molecular complexity index is 420. The number of nitrogens with two attached hydrogens (primary N) is 1. The molecule has 2 rings (SSSR count). The zero-order chi connectivity index (χ0) is 13.7. The summed E-state index contributed by atoms with van der Waals surface area (Å²) in [6, 6.07) is 6.10. The first kappa shape index (κ1) is 14.0. The molecule has 1 heterocycles. The van der Waals surface area contributed by atoms with Gasteiger partial charge in [0, 0.05) is 6.54 Å². The van der Waals surface area contributed by atoms with Crippen LogP contribution < -0.4 is 5.90 Å². The molecule has 1 amide bonds. The van der Waals surface area contributed by atoms with Crippen molar-refractivity contribution in [3.05, 3.63) is 35.6 Å². The van der Waals surface area contributed by atoms with Crippen molar-refractivity contribution in [1.29, 1.82) is 0 Å². The molecule has 0 saturated carbocycles. The third-order valence-corrected chi connectivity index (χ3v) is 3.50. The summed E-state index contributed by atoms with van der Waals surface area (Å²) in [6.07, 6.45) is 3.32. The summed E-state index contributed by atoms with van der Waals surface area (Å²) in [5, 5.41) is 0. The smallest absolute Gasteiger partial charge is 0.227 e. The predicted octanol–water partition coefficient (Wildman–Crippen LogP) is 1.64. The number of amides is 1. The number of hydrogen-bond donors (Lipinski definition) is 1. The van der Waals surface area contributed by atoms with Gasteiger partial charge in [-0.05, 0) is 37.0 Å². The summed E-state index contributed by atoms with van der Waals surface area (Å²) in [5.74, 6) is 4.87. The third kappa shape index (κ3) is 3.75. The number of rotatable bonds is 4. The molecule has 1 aliphatic heterocycles. The van der Waals surface area contributed by atoms with Gasteiger partial charge >= 0.3 is 0 Å². The molecule has 4 nitrogen and oxygen atoms in total. The molecule has 5 heteroatoms. The maximum Gasteiger partial charge on any atom is 0.227 e. The second-order valence-corrected chi connectivity index (χ2v) is 4.87. The van der Waals surface area contributed by atoms with Crippen LogP contribution in [0.5, 0.6) is 0 Å². The quantitative estimate of drug-likeness (QED) is 0.843. The lowest BCUT2D eigenvalue weighted by molar-refractivity contribution is -0.135. The lowest BCUT2D eigenvalue weighted by Gasteiger charge is -2.35. The van der Waals surface area contributed by atoms with Crippen LogP contribution in [0.2, 0.25) is 0 Å².